The highest BCUT2D eigenvalue weighted by atomic mass is 127. The fourth-order valence-electron chi connectivity index (χ4n) is 2.77. The number of aliphatic imine (C=N–C) groups is 1. The van der Waals surface area contributed by atoms with Crippen LogP contribution in [0.3, 0.4) is 0 Å². The number of rotatable bonds is 9. The molecule has 0 atom stereocenters. The summed E-state index contributed by atoms with van der Waals surface area (Å²) in [6.45, 7) is 7.74. The predicted molar refractivity (Wildman–Crippen MR) is 127 cm³/mol. The van der Waals surface area contributed by atoms with E-state index in [1.807, 2.05) is 19.3 Å². The van der Waals surface area contributed by atoms with Crippen LogP contribution in [0.2, 0.25) is 0 Å². The molecule has 1 aromatic heterocycles. The Kier molecular flexibility index (Phi) is 11.5. The summed E-state index contributed by atoms with van der Waals surface area (Å²) >= 11 is 1.77. The van der Waals surface area contributed by atoms with Gasteiger partial charge in [-0.1, -0.05) is 12.1 Å². The molecule has 5 nitrogen and oxygen atoms in total. The third-order valence-corrected chi connectivity index (χ3v) is 5.01. The number of hydrogen-bond acceptors (Lipinski definition) is 3. The van der Waals surface area contributed by atoms with Gasteiger partial charge in [0, 0.05) is 50.5 Å². The summed E-state index contributed by atoms with van der Waals surface area (Å²) in [7, 11) is 2.10. The summed E-state index contributed by atoms with van der Waals surface area (Å²) in [5, 5.41) is 3.40. The zero-order valence-electron chi connectivity index (χ0n) is 16.8. The molecule has 1 aromatic carbocycles. The van der Waals surface area contributed by atoms with Crippen molar-refractivity contribution in [2.24, 2.45) is 4.99 Å². The smallest absolute Gasteiger partial charge is 0.193 e. The van der Waals surface area contributed by atoms with Gasteiger partial charge < -0.3 is 14.8 Å². The molecule has 0 unspecified atom stereocenters. The second kappa shape index (κ2) is 13.0. The lowest BCUT2D eigenvalue weighted by molar-refractivity contribution is 0.475. The first-order valence-electron chi connectivity index (χ1n) is 9.24. The number of nitrogens with zero attached hydrogens (tertiary/aromatic N) is 4. The van der Waals surface area contributed by atoms with Gasteiger partial charge in [-0.2, -0.15) is 0 Å². The molecule has 27 heavy (non-hydrogen) atoms. The van der Waals surface area contributed by atoms with Crippen molar-refractivity contribution >= 4 is 41.7 Å². The number of imidazole rings is 1. The van der Waals surface area contributed by atoms with E-state index in [1.165, 1.54) is 10.5 Å². The highest BCUT2D eigenvalue weighted by molar-refractivity contribution is 14.0. The van der Waals surface area contributed by atoms with E-state index in [0.29, 0.717) is 0 Å². The number of thioether (sulfide) groups is 1. The molecule has 1 heterocycles. The molecule has 0 saturated carbocycles. The molecular weight excluding hydrogens is 469 g/mol. The van der Waals surface area contributed by atoms with Gasteiger partial charge in [-0.05, 0) is 50.6 Å². The van der Waals surface area contributed by atoms with E-state index in [9.17, 15) is 0 Å². The van der Waals surface area contributed by atoms with E-state index < -0.39 is 0 Å². The number of aryl methyl sites for hydroxylation is 2. The van der Waals surface area contributed by atoms with Gasteiger partial charge in [0.2, 0.25) is 0 Å². The van der Waals surface area contributed by atoms with Crippen LogP contribution in [0, 0.1) is 6.92 Å². The fourth-order valence-corrected chi connectivity index (χ4v) is 3.18. The SMILES string of the molecule is CCNC(=NCCCCn1ccnc1C)N(C)Cc1ccc(SC)cc1.I. The standard InChI is InChI=1S/C20H31N5S.HI/c1-5-21-20(23-12-6-7-14-25-15-13-22-17(25)2)24(3)16-18-8-10-19(26-4)11-9-18;/h8-11,13,15H,5-7,12,14,16H2,1-4H3,(H,21,23);1H. The van der Waals surface area contributed by atoms with Gasteiger partial charge in [0.1, 0.15) is 5.82 Å². The molecule has 0 fully saturated rings. The molecule has 7 heteroatoms. The van der Waals surface area contributed by atoms with Gasteiger partial charge in [-0.15, -0.1) is 35.7 Å². The average Bonchev–Trinajstić information content (AvgIpc) is 3.06. The molecule has 0 aliphatic carbocycles. The first-order chi connectivity index (χ1) is 12.6. The number of benzene rings is 1. The molecule has 1 N–H and O–H groups in total. The summed E-state index contributed by atoms with van der Waals surface area (Å²) in [5.41, 5.74) is 1.30. The highest BCUT2D eigenvalue weighted by Gasteiger charge is 2.06. The monoisotopic (exact) mass is 501 g/mol. The molecule has 150 valence electrons. The van der Waals surface area contributed by atoms with E-state index in [2.05, 4.69) is 64.3 Å². The van der Waals surface area contributed by atoms with Crippen molar-refractivity contribution < 1.29 is 0 Å². The van der Waals surface area contributed by atoms with Crippen molar-refractivity contribution in [2.75, 3.05) is 26.4 Å². The van der Waals surface area contributed by atoms with E-state index in [1.54, 1.807) is 11.8 Å². The molecule has 2 aromatic rings. The Balaban J connectivity index is 0.00000364. The maximum absolute atomic E-state index is 4.79. The summed E-state index contributed by atoms with van der Waals surface area (Å²) in [5.74, 6) is 2.05. The van der Waals surface area contributed by atoms with Crippen LogP contribution in [-0.4, -0.2) is 46.8 Å². The number of guanidine groups is 1. The lowest BCUT2D eigenvalue weighted by Crippen LogP contribution is -2.38. The van der Waals surface area contributed by atoms with Crippen LogP contribution >= 0.6 is 35.7 Å². The highest BCUT2D eigenvalue weighted by Crippen LogP contribution is 2.15. The Morgan fingerprint density at radius 3 is 2.59 bits per heavy atom. The van der Waals surface area contributed by atoms with E-state index >= 15 is 0 Å². The summed E-state index contributed by atoms with van der Waals surface area (Å²) in [4.78, 5) is 12.5. The Labute approximate surface area is 185 Å². The molecular formula is C20H32IN5S. The molecule has 0 saturated heterocycles. The summed E-state index contributed by atoms with van der Waals surface area (Å²) < 4.78 is 2.19. The predicted octanol–water partition coefficient (Wildman–Crippen LogP) is 4.41. The van der Waals surface area contributed by atoms with Crippen LogP contribution in [0.25, 0.3) is 0 Å². The second-order valence-corrected chi connectivity index (χ2v) is 7.19. The lowest BCUT2D eigenvalue weighted by Gasteiger charge is -2.22. The first-order valence-corrected chi connectivity index (χ1v) is 10.5. The number of hydrogen-bond donors (Lipinski definition) is 1. The Morgan fingerprint density at radius 1 is 1.26 bits per heavy atom. The number of aromatic nitrogens is 2. The van der Waals surface area contributed by atoms with Crippen molar-refractivity contribution in [3.05, 3.63) is 48.0 Å². The first kappa shape index (κ1) is 23.8. The van der Waals surface area contributed by atoms with Gasteiger partial charge in [0.05, 0.1) is 0 Å². The fraction of sp³-hybridized carbons (Fsp3) is 0.500. The Bertz CT molecular complexity index is 684. The van der Waals surface area contributed by atoms with Gasteiger partial charge in [-0.25, -0.2) is 4.98 Å². The minimum absolute atomic E-state index is 0. The third-order valence-electron chi connectivity index (χ3n) is 4.27. The van der Waals surface area contributed by atoms with Gasteiger partial charge in [0.15, 0.2) is 5.96 Å². The molecule has 0 aliphatic heterocycles. The molecule has 0 radical (unpaired) electrons. The molecule has 0 spiro atoms. The van der Waals surface area contributed by atoms with Crippen LogP contribution in [0.4, 0.5) is 0 Å². The van der Waals surface area contributed by atoms with Crippen LogP contribution in [0.5, 0.6) is 0 Å². The Hall–Kier alpha value is -1.22. The number of nitrogens with one attached hydrogen (secondary N) is 1. The van der Waals surface area contributed by atoms with Crippen LogP contribution in [0.1, 0.15) is 31.2 Å². The van der Waals surface area contributed by atoms with E-state index in [0.717, 1.165) is 50.8 Å². The van der Waals surface area contributed by atoms with E-state index in [-0.39, 0.29) is 24.0 Å². The Morgan fingerprint density at radius 2 is 2.00 bits per heavy atom. The van der Waals surface area contributed by atoms with Gasteiger partial charge in [-0.3, -0.25) is 4.99 Å². The van der Waals surface area contributed by atoms with Crippen molar-refractivity contribution in [1.29, 1.82) is 0 Å². The molecule has 0 amide bonds. The molecule has 0 bridgehead atoms. The normalized spacial score (nSPS) is 11.2. The zero-order valence-corrected chi connectivity index (χ0v) is 20.0. The topological polar surface area (TPSA) is 45.5 Å². The van der Waals surface area contributed by atoms with E-state index in [4.69, 9.17) is 4.99 Å². The van der Waals surface area contributed by atoms with Gasteiger partial charge >= 0.3 is 0 Å². The van der Waals surface area contributed by atoms with Crippen molar-refractivity contribution in [2.45, 2.75) is 44.7 Å². The van der Waals surface area contributed by atoms with Crippen molar-refractivity contribution in [1.82, 2.24) is 19.8 Å². The second-order valence-electron chi connectivity index (χ2n) is 6.31. The zero-order chi connectivity index (χ0) is 18.8. The maximum atomic E-state index is 4.79. The maximum Gasteiger partial charge on any atom is 0.193 e. The quantitative estimate of drug-likeness (QED) is 0.182. The molecule has 0 aliphatic rings. The number of unbranched alkanes of at least 4 members (excludes halogenated alkanes) is 1. The van der Waals surface area contributed by atoms with Crippen LogP contribution in [-0.2, 0) is 13.1 Å². The average molecular weight is 501 g/mol. The van der Waals surface area contributed by atoms with Crippen molar-refractivity contribution in [3.8, 4) is 0 Å². The summed E-state index contributed by atoms with van der Waals surface area (Å²) in [6, 6.07) is 8.74. The van der Waals surface area contributed by atoms with Gasteiger partial charge in [0.25, 0.3) is 0 Å². The van der Waals surface area contributed by atoms with Crippen LogP contribution in [0.15, 0.2) is 46.5 Å². The largest absolute Gasteiger partial charge is 0.357 e. The van der Waals surface area contributed by atoms with Crippen LogP contribution < -0.4 is 5.32 Å². The molecule has 2 rings (SSSR count). The lowest BCUT2D eigenvalue weighted by atomic mass is 10.2. The third kappa shape index (κ3) is 8.13. The summed E-state index contributed by atoms with van der Waals surface area (Å²) in [6.07, 6.45) is 8.18. The number of halogens is 1. The van der Waals surface area contributed by atoms with Crippen molar-refractivity contribution in [3.63, 3.8) is 0 Å². The minimum Gasteiger partial charge on any atom is -0.357 e. The minimum atomic E-state index is 0.